The minimum atomic E-state index is -3.67. The Morgan fingerprint density at radius 2 is 1.27 bits per heavy atom. The Morgan fingerprint density at radius 1 is 0.731 bits per heavy atom. The van der Waals surface area contributed by atoms with Gasteiger partial charge in [0.25, 0.3) is 10.0 Å². The molecule has 134 valence electrons. The summed E-state index contributed by atoms with van der Waals surface area (Å²) in [6.07, 6.45) is 0. The zero-order chi connectivity index (χ0) is 18.7. The summed E-state index contributed by atoms with van der Waals surface area (Å²) in [4.78, 5) is 0.303. The van der Waals surface area contributed by atoms with E-state index in [1.54, 1.807) is 12.1 Å². The number of benzene rings is 3. The van der Waals surface area contributed by atoms with Crippen LogP contribution in [0.4, 0.5) is 5.69 Å². The lowest BCUT2D eigenvalue weighted by Gasteiger charge is -2.25. The van der Waals surface area contributed by atoms with Crippen molar-refractivity contribution in [2.45, 2.75) is 32.2 Å². The first-order valence-electron chi connectivity index (χ1n) is 8.58. The Morgan fingerprint density at radius 3 is 1.85 bits per heavy atom. The fraction of sp³-hybridized carbons (Fsp3) is 0.182. The maximum atomic E-state index is 13.4. The van der Waals surface area contributed by atoms with E-state index in [4.69, 9.17) is 0 Å². The summed E-state index contributed by atoms with van der Waals surface area (Å²) >= 11 is 0. The van der Waals surface area contributed by atoms with E-state index in [9.17, 15) is 8.42 Å². The number of nitrogens with zero attached hydrogens (tertiary/aromatic N) is 1. The molecule has 26 heavy (non-hydrogen) atoms. The van der Waals surface area contributed by atoms with Crippen LogP contribution in [0, 0.1) is 20.8 Å². The Hall–Kier alpha value is -2.59. The number of rotatable bonds is 5. The summed E-state index contributed by atoms with van der Waals surface area (Å²) in [5.41, 5.74) is 4.86. The number of aryl methyl sites for hydroxylation is 3. The molecule has 0 amide bonds. The third-order valence-corrected chi connectivity index (χ3v) is 6.29. The topological polar surface area (TPSA) is 37.4 Å². The monoisotopic (exact) mass is 365 g/mol. The van der Waals surface area contributed by atoms with Crippen molar-refractivity contribution in [3.63, 3.8) is 0 Å². The molecule has 4 heteroatoms. The van der Waals surface area contributed by atoms with Crippen LogP contribution in [0.25, 0.3) is 0 Å². The Balaban J connectivity index is 2.09. The summed E-state index contributed by atoms with van der Waals surface area (Å²) in [6, 6.07) is 22.5. The van der Waals surface area contributed by atoms with E-state index in [1.165, 1.54) is 4.31 Å². The average Bonchev–Trinajstić information content (AvgIpc) is 2.62. The number of anilines is 1. The molecule has 0 fully saturated rings. The second-order valence-corrected chi connectivity index (χ2v) is 8.45. The fourth-order valence-corrected chi connectivity index (χ4v) is 4.25. The van der Waals surface area contributed by atoms with Gasteiger partial charge in [-0.05, 0) is 56.2 Å². The predicted octanol–water partition coefficient (Wildman–Crippen LogP) is 5.01. The molecule has 3 nitrogen and oxygen atoms in total. The van der Waals surface area contributed by atoms with Gasteiger partial charge in [-0.3, -0.25) is 4.31 Å². The first-order chi connectivity index (χ1) is 12.4. The third-order valence-electron chi connectivity index (χ3n) is 4.51. The molecule has 3 rings (SSSR count). The van der Waals surface area contributed by atoms with Crippen LogP contribution in [-0.4, -0.2) is 8.42 Å². The maximum Gasteiger partial charge on any atom is 0.264 e. The van der Waals surface area contributed by atoms with Crippen molar-refractivity contribution in [1.29, 1.82) is 0 Å². The lowest BCUT2D eigenvalue weighted by molar-refractivity contribution is 0.590. The van der Waals surface area contributed by atoms with Crippen molar-refractivity contribution >= 4 is 15.7 Å². The van der Waals surface area contributed by atoms with E-state index in [0.717, 1.165) is 22.3 Å². The van der Waals surface area contributed by atoms with Gasteiger partial charge in [-0.1, -0.05) is 59.7 Å². The van der Waals surface area contributed by atoms with Gasteiger partial charge >= 0.3 is 0 Å². The van der Waals surface area contributed by atoms with Crippen molar-refractivity contribution in [2.75, 3.05) is 4.31 Å². The van der Waals surface area contributed by atoms with Crippen molar-refractivity contribution < 1.29 is 8.42 Å². The molecule has 0 unspecified atom stereocenters. The molecule has 0 saturated carbocycles. The lowest BCUT2D eigenvalue weighted by atomic mass is 10.1. The Kier molecular flexibility index (Phi) is 5.14. The molecule has 0 atom stereocenters. The zero-order valence-corrected chi connectivity index (χ0v) is 16.1. The molecule has 3 aromatic rings. The molecular formula is C22H23NO2S. The van der Waals surface area contributed by atoms with Gasteiger partial charge in [-0.2, -0.15) is 0 Å². The molecule has 0 spiro atoms. The van der Waals surface area contributed by atoms with Crippen LogP contribution in [-0.2, 0) is 16.6 Å². The number of hydrogen-bond donors (Lipinski definition) is 0. The van der Waals surface area contributed by atoms with Crippen molar-refractivity contribution in [3.05, 3.63) is 95.1 Å². The van der Waals surface area contributed by atoms with Crippen molar-refractivity contribution in [3.8, 4) is 0 Å². The summed E-state index contributed by atoms with van der Waals surface area (Å²) < 4.78 is 28.2. The summed E-state index contributed by atoms with van der Waals surface area (Å²) in [6.45, 7) is 6.23. The molecule has 0 aliphatic heterocycles. The van der Waals surface area contributed by atoms with Gasteiger partial charge in [-0.25, -0.2) is 8.42 Å². The highest BCUT2D eigenvalue weighted by molar-refractivity contribution is 7.92. The average molecular weight is 365 g/mol. The molecule has 3 aromatic carbocycles. The second-order valence-electron chi connectivity index (χ2n) is 6.59. The minimum Gasteiger partial charge on any atom is -0.262 e. The van der Waals surface area contributed by atoms with E-state index < -0.39 is 10.0 Å². The third kappa shape index (κ3) is 3.81. The predicted molar refractivity (Wildman–Crippen MR) is 107 cm³/mol. The van der Waals surface area contributed by atoms with Gasteiger partial charge in [0.2, 0.25) is 0 Å². The van der Waals surface area contributed by atoms with E-state index in [1.807, 2.05) is 81.4 Å². The molecule has 0 N–H and O–H groups in total. The molecule has 0 aromatic heterocycles. The normalized spacial score (nSPS) is 11.3. The molecule has 0 aliphatic rings. The van der Waals surface area contributed by atoms with E-state index in [2.05, 4.69) is 0 Å². The largest absolute Gasteiger partial charge is 0.264 e. The quantitative estimate of drug-likeness (QED) is 0.637. The molecule has 0 saturated heterocycles. The zero-order valence-electron chi connectivity index (χ0n) is 15.3. The lowest BCUT2D eigenvalue weighted by Crippen LogP contribution is -2.30. The first kappa shape index (κ1) is 18.2. The minimum absolute atomic E-state index is 0.298. The number of hydrogen-bond acceptors (Lipinski definition) is 2. The Labute approximate surface area is 156 Å². The smallest absolute Gasteiger partial charge is 0.262 e. The van der Waals surface area contributed by atoms with Gasteiger partial charge in [0.05, 0.1) is 17.1 Å². The standard InChI is InChI=1S/C22H23NO2S/c1-17-8-12-21(13-9-17)23(16-20-7-5-4-6-19(20)3)26(24,25)22-14-10-18(2)11-15-22/h4-15H,16H2,1-3H3. The van der Waals surface area contributed by atoms with Crippen LogP contribution in [0.2, 0.25) is 0 Å². The van der Waals surface area contributed by atoms with Gasteiger partial charge in [-0.15, -0.1) is 0 Å². The molecule has 0 aliphatic carbocycles. The molecular weight excluding hydrogens is 342 g/mol. The van der Waals surface area contributed by atoms with Gasteiger partial charge in [0.15, 0.2) is 0 Å². The van der Waals surface area contributed by atoms with Gasteiger partial charge in [0, 0.05) is 0 Å². The van der Waals surface area contributed by atoms with Crippen LogP contribution in [0.15, 0.2) is 77.7 Å². The molecule has 0 heterocycles. The van der Waals surface area contributed by atoms with Gasteiger partial charge < -0.3 is 0 Å². The summed E-state index contributed by atoms with van der Waals surface area (Å²) in [7, 11) is -3.67. The van der Waals surface area contributed by atoms with Crippen LogP contribution < -0.4 is 4.31 Å². The highest BCUT2D eigenvalue weighted by atomic mass is 32.2. The summed E-state index contributed by atoms with van der Waals surface area (Å²) in [5, 5.41) is 0. The summed E-state index contributed by atoms with van der Waals surface area (Å²) in [5.74, 6) is 0. The maximum absolute atomic E-state index is 13.4. The van der Waals surface area contributed by atoms with Crippen LogP contribution >= 0.6 is 0 Å². The van der Waals surface area contributed by atoms with Crippen LogP contribution in [0.5, 0.6) is 0 Å². The fourth-order valence-electron chi connectivity index (χ4n) is 2.81. The van der Waals surface area contributed by atoms with Gasteiger partial charge in [0.1, 0.15) is 0 Å². The van der Waals surface area contributed by atoms with E-state index in [0.29, 0.717) is 17.1 Å². The first-order valence-corrected chi connectivity index (χ1v) is 10.0. The SMILES string of the molecule is Cc1ccc(N(Cc2ccccc2C)S(=O)(=O)c2ccc(C)cc2)cc1. The number of sulfonamides is 1. The van der Waals surface area contributed by atoms with E-state index >= 15 is 0 Å². The second kappa shape index (κ2) is 7.34. The highest BCUT2D eigenvalue weighted by Crippen LogP contribution is 2.27. The van der Waals surface area contributed by atoms with Crippen molar-refractivity contribution in [1.82, 2.24) is 0 Å². The van der Waals surface area contributed by atoms with E-state index in [-0.39, 0.29) is 0 Å². The van der Waals surface area contributed by atoms with Crippen LogP contribution in [0.3, 0.4) is 0 Å². The molecule has 0 radical (unpaired) electrons. The van der Waals surface area contributed by atoms with Crippen LogP contribution in [0.1, 0.15) is 22.3 Å². The van der Waals surface area contributed by atoms with Crippen molar-refractivity contribution in [2.24, 2.45) is 0 Å². The highest BCUT2D eigenvalue weighted by Gasteiger charge is 2.25. The molecule has 0 bridgehead atoms. The Bertz CT molecular complexity index is 991.